The second kappa shape index (κ2) is 9.45. The normalized spacial score (nSPS) is 12.2. The van der Waals surface area contributed by atoms with E-state index in [1.165, 1.54) is 0 Å². The van der Waals surface area contributed by atoms with Gasteiger partial charge in [0.15, 0.2) is 0 Å². The predicted octanol–water partition coefficient (Wildman–Crippen LogP) is 4.08. The molecule has 1 N–H and O–H groups in total. The second-order valence-electron chi connectivity index (χ2n) is 5.71. The largest absolute Gasteiger partial charge is 0.354 e. The molecular weight excluding hydrogens is 320 g/mol. The minimum atomic E-state index is -0.249. The van der Waals surface area contributed by atoms with Crippen molar-refractivity contribution in [2.45, 2.75) is 26.3 Å². The lowest BCUT2D eigenvalue weighted by molar-refractivity contribution is -0.126. The molecule has 2 aromatic carbocycles. The number of rotatable bonds is 8. The molecule has 2 aromatic rings. The van der Waals surface area contributed by atoms with Gasteiger partial charge in [-0.15, -0.1) is 0 Å². The third-order valence-electron chi connectivity index (χ3n) is 4.14. The van der Waals surface area contributed by atoms with Crippen molar-refractivity contribution in [3.05, 3.63) is 70.7 Å². The summed E-state index contributed by atoms with van der Waals surface area (Å²) >= 11 is 6.00. The number of hydrogen-bond acceptors (Lipinski definition) is 2. The monoisotopic (exact) mass is 344 g/mol. The van der Waals surface area contributed by atoms with Gasteiger partial charge < -0.3 is 5.32 Å². The molecule has 1 amide bonds. The fourth-order valence-electron chi connectivity index (χ4n) is 2.87. The lowest BCUT2D eigenvalue weighted by atomic mass is 10.0. The molecule has 128 valence electrons. The molecule has 24 heavy (non-hydrogen) atoms. The van der Waals surface area contributed by atoms with E-state index in [-0.39, 0.29) is 11.9 Å². The number of carbonyl (C=O) groups is 1. The minimum Gasteiger partial charge on any atom is -0.354 e. The summed E-state index contributed by atoms with van der Waals surface area (Å²) in [6.45, 7) is 6.43. The van der Waals surface area contributed by atoms with Gasteiger partial charge in [-0.3, -0.25) is 9.69 Å². The van der Waals surface area contributed by atoms with Crippen molar-refractivity contribution in [1.29, 1.82) is 0 Å². The first-order valence-corrected chi connectivity index (χ1v) is 8.84. The van der Waals surface area contributed by atoms with Crippen LogP contribution in [0.1, 0.15) is 31.0 Å². The number of nitrogens with one attached hydrogen (secondary N) is 1. The molecule has 0 radical (unpaired) electrons. The molecule has 3 nitrogen and oxygen atoms in total. The average molecular weight is 345 g/mol. The first-order valence-electron chi connectivity index (χ1n) is 8.46. The average Bonchev–Trinajstić information content (AvgIpc) is 2.60. The second-order valence-corrected chi connectivity index (χ2v) is 6.14. The van der Waals surface area contributed by atoms with Crippen LogP contribution >= 0.6 is 11.6 Å². The van der Waals surface area contributed by atoms with Gasteiger partial charge in [0.05, 0.1) is 0 Å². The highest BCUT2D eigenvalue weighted by Gasteiger charge is 2.25. The molecule has 0 saturated heterocycles. The first kappa shape index (κ1) is 18.5. The van der Waals surface area contributed by atoms with E-state index in [2.05, 4.69) is 24.1 Å². The quantitative estimate of drug-likeness (QED) is 0.782. The number of amides is 1. The Bertz CT molecular complexity index is 641. The van der Waals surface area contributed by atoms with Crippen LogP contribution in [-0.4, -0.2) is 30.4 Å². The first-order chi connectivity index (χ1) is 11.7. The molecule has 0 heterocycles. The van der Waals surface area contributed by atoms with Crippen molar-refractivity contribution in [2.24, 2.45) is 0 Å². The van der Waals surface area contributed by atoms with E-state index in [1.54, 1.807) is 0 Å². The molecule has 2 rings (SSSR count). The third kappa shape index (κ3) is 5.08. The lowest BCUT2D eigenvalue weighted by Gasteiger charge is -2.29. The molecule has 0 aliphatic rings. The van der Waals surface area contributed by atoms with Gasteiger partial charge in [0, 0.05) is 11.6 Å². The molecule has 0 aliphatic heterocycles. The Morgan fingerprint density at radius 3 is 2.42 bits per heavy atom. The maximum atomic E-state index is 12.8. The van der Waals surface area contributed by atoms with Crippen LogP contribution in [0.3, 0.4) is 0 Å². The highest BCUT2D eigenvalue weighted by atomic mass is 35.5. The Hall–Kier alpha value is -1.84. The van der Waals surface area contributed by atoms with E-state index < -0.39 is 0 Å². The van der Waals surface area contributed by atoms with Crippen LogP contribution in [0.5, 0.6) is 0 Å². The van der Waals surface area contributed by atoms with Crippen LogP contribution in [0.4, 0.5) is 0 Å². The van der Waals surface area contributed by atoms with E-state index in [0.717, 1.165) is 35.7 Å². The molecule has 1 atom stereocenters. The summed E-state index contributed by atoms with van der Waals surface area (Å²) in [6.07, 6.45) is 0.770. The van der Waals surface area contributed by atoms with Crippen LogP contribution in [-0.2, 0) is 11.2 Å². The summed E-state index contributed by atoms with van der Waals surface area (Å²) in [7, 11) is 0. The molecule has 0 aromatic heterocycles. The smallest absolute Gasteiger partial charge is 0.241 e. The number of halogens is 1. The van der Waals surface area contributed by atoms with Crippen LogP contribution in [0.25, 0.3) is 0 Å². The molecular formula is C20H25ClN2O. The van der Waals surface area contributed by atoms with Crippen molar-refractivity contribution < 1.29 is 4.79 Å². The molecule has 0 aliphatic carbocycles. The SMILES string of the molecule is CCN(CC)C(C(=O)NCCc1cccc(Cl)c1)c1ccccc1. The number of benzene rings is 2. The fraction of sp³-hybridized carbons (Fsp3) is 0.350. The summed E-state index contributed by atoms with van der Waals surface area (Å²) in [6, 6.07) is 17.5. The Balaban J connectivity index is 2.02. The van der Waals surface area contributed by atoms with Gasteiger partial charge in [-0.1, -0.05) is 67.9 Å². The summed E-state index contributed by atoms with van der Waals surface area (Å²) < 4.78 is 0. The van der Waals surface area contributed by atoms with Gasteiger partial charge in [0.25, 0.3) is 0 Å². The third-order valence-corrected chi connectivity index (χ3v) is 4.38. The van der Waals surface area contributed by atoms with Crippen molar-refractivity contribution >= 4 is 17.5 Å². The summed E-state index contributed by atoms with van der Waals surface area (Å²) in [4.78, 5) is 15.0. The maximum Gasteiger partial charge on any atom is 0.241 e. The van der Waals surface area contributed by atoms with Crippen LogP contribution in [0.2, 0.25) is 5.02 Å². The molecule has 0 spiro atoms. The maximum absolute atomic E-state index is 12.8. The van der Waals surface area contributed by atoms with Crippen LogP contribution in [0, 0.1) is 0 Å². The highest BCUT2D eigenvalue weighted by molar-refractivity contribution is 6.30. The molecule has 0 saturated carbocycles. The summed E-state index contributed by atoms with van der Waals surface area (Å²) in [5, 5.41) is 3.80. The van der Waals surface area contributed by atoms with E-state index >= 15 is 0 Å². The van der Waals surface area contributed by atoms with Gasteiger partial charge in [-0.05, 0) is 42.8 Å². The predicted molar refractivity (Wildman–Crippen MR) is 100 cm³/mol. The Kier molecular flexibility index (Phi) is 7.29. The van der Waals surface area contributed by atoms with E-state index in [1.807, 2.05) is 54.6 Å². The van der Waals surface area contributed by atoms with Gasteiger partial charge >= 0.3 is 0 Å². The fourth-order valence-corrected chi connectivity index (χ4v) is 3.08. The molecule has 0 fully saturated rings. The minimum absolute atomic E-state index is 0.0481. The topological polar surface area (TPSA) is 32.3 Å². The zero-order chi connectivity index (χ0) is 17.4. The lowest BCUT2D eigenvalue weighted by Crippen LogP contribution is -2.41. The molecule has 4 heteroatoms. The van der Waals surface area contributed by atoms with Crippen molar-refractivity contribution in [2.75, 3.05) is 19.6 Å². The number of likely N-dealkylation sites (N-methyl/N-ethyl adjacent to an activating group) is 1. The zero-order valence-corrected chi connectivity index (χ0v) is 15.1. The zero-order valence-electron chi connectivity index (χ0n) is 14.3. The van der Waals surface area contributed by atoms with Gasteiger partial charge in [-0.2, -0.15) is 0 Å². The van der Waals surface area contributed by atoms with Crippen LogP contribution < -0.4 is 5.32 Å². The number of hydrogen-bond donors (Lipinski definition) is 1. The van der Waals surface area contributed by atoms with Crippen LogP contribution in [0.15, 0.2) is 54.6 Å². The standard InChI is InChI=1S/C20H25ClN2O/c1-3-23(4-2)19(17-10-6-5-7-11-17)20(24)22-14-13-16-9-8-12-18(21)15-16/h5-12,15,19H,3-4,13-14H2,1-2H3,(H,22,24). The highest BCUT2D eigenvalue weighted by Crippen LogP contribution is 2.20. The summed E-state index contributed by atoms with van der Waals surface area (Å²) in [5.74, 6) is 0.0481. The van der Waals surface area contributed by atoms with Crippen molar-refractivity contribution in [1.82, 2.24) is 10.2 Å². The number of nitrogens with zero attached hydrogens (tertiary/aromatic N) is 1. The Morgan fingerprint density at radius 2 is 1.79 bits per heavy atom. The Morgan fingerprint density at radius 1 is 1.08 bits per heavy atom. The number of carbonyl (C=O) groups excluding carboxylic acids is 1. The van der Waals surface area contributed by atoms with E-state index in [4.69, 9.17) is 11.6 Å². The Labute approximate surface area is 149 Å². The van der Waals surface area contributed by atoms with Gasteiger partial charge in [0.1, 0.15) is 6.04 Å². The van der Waals surface area contributed by atoms with Gasteiger partial charge in [-0.25, -0.2) is 0 Å². The molecule has 0 bridgehead atoms. The molecule has 1 unspecified atom stereocenters. The van der Waals surface area contributed by atoms with Crippen molar-refractivity contribution in [3.8, 4) is 0 Å². The summed E-state index contributed by atoms with van der Waals surface area (Å²) in [5.41, 5.74) is 2.16. The van der Waals surface area contributed by atoms with Gasteiger partial charge in [0.2, 0.25) is 5.91 Å². The van der Waals surface area contributed by atoms with E-state index in [0.29, 0.717) is 6.54 Å². The van der Waals surface area contributed by atoms with Crippen molar-refractivity contribution in [3.63, 3.8) is 0 Å². The van der Waals surface area contributed by atoms with E-state index in [9.17, 15) is 4.79 Å².